The molecular formula is C22H23ClFN3O. The minimum atomic E-state index is -1.43. The van der Waals surface area contributed by atoms with Gasteiger partial charge in [-0.25, -0.2) is 9.37 Å². The summed E-state index contributed by atoms with van der Waals surface area (Å²) >= 11 is 5.93. The van der Waals surface area contributed by atoms with Crippen LogP contribution in [0.4, 0.5) is 4.39 Å². The number of likely N-dealkylation sites (tertiary alicyclic amines) is 1. The van der Waals surface area contributed by atoms with E-state index in [1.165, 1.54) is 0 Å². The maximum absolute atomic E-state index is 15.8. The van der Waals surface area contributed by atoms with Gasteiger partial charge in [-0.3, -0.25) is 9.36 Å². The molecule has 4 rings (SSSR count). The van der Waals surface area contributed by atoms with E-state index >= 15 is 4.39 Å². The number of hydrogen-bond donors (Lipinski definition) is 0. The van der Waals surface area contributed by atoms with Crippen molar-refractivity contribution in [3.63, 3.8) is 0 Å². The van der Waals surface area contributed by atoms with Crippen molar-refractivity contribution in [3.8, 4) is 0 Å². The van der Waals surface area contributed by atoms with E-state index in [1.54, 1.807) is 41.2 Å². The highest BCUT2D eigenvalue weighted by atomic mass is 35.5. The minimum Gasteiger partial charge on any atom is -0.306 e. The van der Waals surface area contributed by atoms with E-state index in [9.17, 15) is 4.79 Å². The van der Waals surface area contributed by atoms with Gasteiger partial charge in [0.2, 0.25) is 0 Å². The predicted molar refractivity (Wildman–Crippen MR) is 111 cm³/mol. The van der Waals surface area contributed by atoms with Crippen LogP contribution in [0, 0.1) is 5.92 Å². The smallest absolute Gasteiger partial charge is 0.261 e. The predicted octanol–water partition coefficient (Wildman–Crippen LogP) is 4.23. The summed E-state index contributed by atoms with van der Waals surface area (Å²) in [6.07, 6.45) is 1.97. The lowest BCUT2D eigenvalue weighted by molar-refractivity contribution is 0.0109. The lowest BCUT2D eigenvalue weighted by Gasteiger charge is -2.40. The monoisotopic (exact) mass is 399 g/mol. The fourth-order valence-corrected chi connectivity index (χ4v) is 4.17. The van der Waals surface area contributed by atoms with Gasteiger partial charge in [-0.2, -0.15) is 0 Å². The van der Waals surface area contributed by atoms with Crippen molar-refractivity contribution in [1.29, 1.82) is 0 Å². The van der Waals surface area contributed by atoms with Crippen LogP contribution >= 0.6 is 11.6 Å². The summed E-state index contributed by atoms with van der Waals surface area (Å²) in [7, 11) is 2.01. The van der Waals surface area contributed by atoms with Gasteiger partial charge in [-0.1, -0.05) is 36.7 Å². The molecule has 2 heterocycles. The van der Waals surface area contributed by atoms with Crippen molar-refractivity contribution in [3.05, 3.63) is 75.3 Å². The molecule has 0 spiro atoms. The molecule has 6 heteroatoms. The van der Waals surface area contributed by atoms with Crippen molar-refractivity contribution < 1.29 is 4.39 Å². The SMILES string of the molecule is CC1CN(C)CCC1(F)c1ccc2ncn(Cc3ccc(Cl)cc3)c(=O)c2c1. The number of hydrogen-bond acceptors (Lipinski definition) is 3. The Morgan fingerprint density at radius 2 is 2.00 bits per heavy atom. The second-order valence-corrected chi connectivity index (χ2v) is 8.25. The zero-order chi connectivity index (χ0) is 19.9. The highest BCUT2D eigenvalue weighted by Gasteiger charge is 2.41. The number of benzene rings is 2. The van der Waals surface area contributed by atoms with Crippen molar-refractivity contribution in [2.24, 2.45) is 5.92 Å². The second-order valence-electron chi connectivity index (χ2n) is 7.81. The van der Waals surface area contributed by atoms with E-state index in [0.29, 0.717) is 47.5 Å². The van der Waals surface area contributed by atoms with Crippen LogP contribution in [0.25, 0.3) is 10.9 Å². The molecule has 2 unspecified atom stereocenters. The Balaban J connectivity index is 1.73. The highest BCUT2D eigenvalue weighted by Crippen LogP contribution is 2.41. The van der Waals surface area contributed by atoms with Gasteiger partial charge < -0.3 is 4.90 Å². The van der Waals surface area contributed by atoms with Crippen LogP contribution in [0.1, 0.15) is 24.5 Å². The Labute approximate surface area is 168 Å². The molecule has 2 atom stereocenters. The largest absolute Gasteiger partial charge is 0.306 e. The first kappa shape index (κ1) is 19.1. The topological polar surface area (TPSA) is 38.1 Å². The lowest BCUT2D eigenvalue weighted by atomic mass is 9.78. The first-order chi connectivity index (χ1) is 13.4. The molecule has 1 aliphatic heterocycles. The lowest BCUT2D eigenvalue weighted by Crippen LogP contribution is -2.44. The number of fused-ring (bicyclic) bond motifs is 1. The Bertz CT molecular complexity index is 1070. The van der Waals surface area contributed by atoms with Gasteiger partial charge in [0.05, 0.1) is 23.8 Å². The van der Waals surface area contributed by atoms with Gasteiger partial charge in [-0.15, -0.1) is 0 Å². The average Bonchev–Trinajstić information content (AvgIpc) is 2.69. The van der Waals surface area contributed by atoms with E-state index in [0.717, 1.165) is 5.56 Å². The van der Waals surface area contributed by atoms with Gasteiger partial charge in [0.15, 0.2) is 0 Å². The standard InChI is InChI=1S/C22H23ClFN3O/c1-15-12-26(2)10-9-22(15,24)17-5-8-20-19(11-17)21(28)27(14-25-20)13-16-3-6-18(23)7-4-16/h3-8,11,14-15H,9-10,12-13H2,1-2H3. The summed E-state index contributed by atoms with van der Waals surface area (Å²) in [5.41, 5.74) is 0.527. The molecule has 1 fully saturated rings. The fraction of sp³-hybridized carbons (Fsp3) is 0.364. The molecule has 2 aromatic carbocycles. The molecule has 0 bridgehead atoms. The van der Waals surface area contributed by atoms with Gasteiger partial charge in [0.1, 0.15) is 5.67 Å². The first-order valence-electron chi connectivity index (χ1n) is 9.48. The fourth-order valence-electron chi connectivity index (χ4n) is 4.05. The minimum absolute atomic E-state index is 0.142. The molecule has 4 nitrogen and oxygen atoms in total. The molecule has 28 heavy (non-hydrogen) atoms. The zero-order valence-electron chi connectivity index (χ0n) is 16.0. The van der Waals surface area contributed by atoms with Crippen LogP contribution in [0.3, 0.4) is 0 Å². The van der Waals surface area contributed by atoms with Gasteiger partial charge in [-0.05, 0) is 48.9 Å². The third-order valence-electron chi connectivity index (χ3n) is 5.79. The third kappa shape index (κ3) is 3.45. The molecule has 0 radical (unpaired) electrons. The van der Waals surface area contributed by atoms with Gasteiger partial charge in [0.25, 0.3) is 5.56 Å². The normalized spacial score (nSPS) is 23.2. The Morgan fingerprint density at radius 1 is 1.25 bits per heavy atom. The molecule has 3 aromatic rings. The summed E-state index contributed by atoms with van der Waals surface area (Å²) in [4.78, 5) is 19.6. The zero-order valence-corrected chi connectivity index (χ0v) is 16.8. The molecule has 0 aliphatic carbocycles. The molecule has 1 saturated heterocycles. The molecule has 1 aliphatic rings. The van der Waals surface area contributed by atoms with Crippen LogP contribution in [-0.2, 0) is 12.2 Å². The maximum Gasteiger partial charge on any atom is 0.261 e. The van der Waals surface area contributed by atoms with E-state index in [1.807, 2.05) is 26.1 Å². The molecule has 1 aromatic heterocycles. The van der Waals surface area contributed by atoms with E-state index < -0.39 is 5.67 Å². The van der Waals surface area contributed by atoms with E-state index in [4.69, 9.17) is 11.6 Å². The van der Waals surface area contributed by atoms with Crippen molar-refractivity contribution in [2.45, 2.75) is 25.6 Å². The summed E-state index contributed by atoms with van der Waals surface area (Å²) < 4.78 is 17.4. The second kappa shape index (κ2) is 7.30. The summed E-state index contributed by atoms with van der Waals surface area (Å²) in [5, 5.41) is 1.11. The average molecular weight is 400 g/mol. The quantitative estimate of drug-likeness (QED) is 0.661. The molecule has 0 amide bonds. The number of aromatic nitrogens is 2. The summed E-state index contributed by atoms with van der Waals surface area (Å²) in [5.74, 6) is -0.142. The van der Waals surface area contributed by atoms with Gasteiger partial charge in [0, 0.05) is 24.0 Å². The summed E-state index contributed by atoms with van der Waals surface area (Å²) in [6.45, 7) is 3.72. The van der Waals surface area contributed by atoms with E-state index in [-0.39, 0.29) is 11.5 Å². The molecule has 0 saturated carbocycles. The summed E-state index contributed by atoms with van der Waals surface area (Å²) in [6, 6.07) is 12.6. The van der Waals surface area contributed by atoms with Crippen molar-refractivity contribution in [2.75, 3.05) is 20.1 Å². The van der Waals surface area contributed by atoms with Crippen LogP contribution < -0.4 is 5.56 Å². The Morgan fingerprint density at radius 3 is 2.71 bits per heavy atom. The number of rotatable bonds is 3. The Kier molecular flexibility index (Phi) is 4.98. The van der Waals surface area contributed by atoms with Crippen LogP contribution in [0.15, 0.2) is 53.6 Å². The number of nitrogens with zero attached hydrogens (tertiary/aromatic N) is 3. The highest BCUT2D eigenvalue weighted by molar-refractivity contribution is 6.30. The van der Waals surface area contributed by atoms with Crippen LogP contribution in [-0.4, -0.2) is 34.6 Å². The third-order valence-corrected chi connectivity index (χ3v) is 6.05. The number of alkyl halides is 1. The molecule has 146 valence electrons. The number of piperidine rings is 1. The van der Waals surface area contributed by atoms with Gasteiger partial charge >= 0.3 is 0 Å². The Hall–Kier alpha value is -2.24. The maximum atomic E-state index is 15.8. The van der Waals surface area contributed by atoms with Crippen LogP contribution in [0.5, 0.6) is 0 Å². The van der Waals surface area contributed by atoms with Crippen molar-refractivity contribution in [1.82, 2.24) is 14.5 Å². The van der Waals surface area contributed by atoms with E-state index in [2.05, 4.69) is 9.88 Å². The van der Waals surface area contributed by atoms with Crippen LogP contribution in [0.2, 0.25) is 5.02 Å². The van der Waals surface area contributed by atoms with Crippen molar-refractivity contribution >= 4 is 22.5 Å². The first-order valence-corrected chi connectivity index (χ1v) is 9.86. The molecule has 0 N–H and O–H groups in total. The number of halogens is 2. The molecular weight excluding hydrogens is 377 g/mol.